The highest BCUT2D eigenvalue weighted by atomic mass is 14.8. The third kappa shape index (κ3) is 1.98. The van der Waals surface area contributed by atoms with Gasteiger partial charge in [-0.05, 0) is 33.6 Å². The van der Waals surface area contributed by atoms with Crippen LogP contribution in [0, 0.1) is 5.92 Å². The molecule has 1 nitrogen and oxygen atoms in total. The van der Waals surface area contributed by atoms with Gasteiger partial charge in [0.15, 0.2) is 0 Å². The van der Waals surface area contributed by atoms with Crippen molar-refractivity contribution < 1.29 is 0 Å². The van der Waals surface area contributed by atoms with Crippen LogP contribution in [-0.4, -0.2) is 5.71 Å². The zero-order valence-corrected chi connectivity index (χ0v) is 7.02. The van der Waals surface area contributed by atoms with Crippen LogP contribution >= 0.6 is 0 Å². The van der Waals surface area contributed by atoms with Gasteiger partial charge in [0.1, 0.15) is 0 Å². The predicted octanol–water partition coefficient (Wildman–Crippen LogP) is 2.78. The molecule has 1 aliphatic rings. The summed E-state index contributed by atoms with van der Waals surface area (Å²) >= 11 is 0. The summed E-state index contributed by atoms with van der Waals surface area (Å²) in [7, 11) is 0. The lowest BCUT2D eigenvalue weighted by molar-refractivity contribution is 0.973. The number of rotatable bonds is 2. The Morgan fingerprint density at radius 3 is 2.30 bits per heavy atom. The molecule has 10 heavy (non-hydrogen) atoms. The quantitative estimate of drug-likeness (QED) is 0.519. The predicted molar refractivity (Wildman–Crippen MR) is 45.3 cm³/mol. The average Bonchev–Trinajstić information content (AvgIpc) is 2.63. The Labute approximate surface area is 62.9 Å². The Bertz CT molecular complexity index is 169. The van der Waals surface area contributed by atoms with Gasteiger partial charge in [-0.15, -0.1) is 0 Å². The smallest absolute Gasteiger partial charge is 0.0391 e. The standard InChI is InChI=1S/C9H15N/c1-4-9(8-5-6-8)10-7(2)3/h4,8H,5-6H2,1-3H3/b9-4-. The van der Waals surface area contributed by atoms with Gasteiger partial charge in [0.25, 0.3) is 0 Å². The molecule has 0 unspecified atom stereocenters. The van der Waals surface area contributed by atoms with Crippen LogP contribution in [0.15, 0.2) is 16.8 Å². The number of hydrogen-bond acceptors (Lipinski definition) is 1. The van der Waals surface area contributed by atoms with E-state index in [1.807, 2.05) is 13.8 Å². The normalized spacial score (nSPS) is 18.9. The molecule has 1 saturated carbocycles. The minimum absolute atomic E-state index is 0.792. The van der Waals surface area contributed by atoms with Gasteiger partial charge in [0, 0.05) is 17.3 Å². The van der Waals surface area contributed by atoms with E-state index < -0.39 is 0 Å². The van der Waals surface area contributed by atoms with Gasteiger partial charge in [-0.3, -0.25) is 4.99 Å². The third-order valence-electron chi connectivity index (χ3n) is 1.64. The van der Waals surface area contributed by atoms with Gasteiger partial charge in [-0.1, -0.05) is 6.08 Å². The molecule has 0 N–H and O–H groups in total. The summed E-state index contributed by atoms with van der Waals surface area (Å²) in [5.74, 6) is 0.792. The lowest BCUT2D eigenvalue weighted by Crippen LogP contribution is -1.86. The molecule has 0 aliphatic heterocycles. The molecule has 0 aromatic rings. The van der Waals surface area contributed by atoms with Crippen molar-refractivity contribution in [1.82, 2.24) is 0 Å². The maximum Gasteiger partial charge on any atom is 0.0391 e. The fourth-order valence-corrected chi connectivity index (χ4v) is 1.03. The molecule has 1 fully saturated rings. The first-order valence-corrected chi connectivity index (χ1v) is 3.92. The van der Waals surface area contributed by atoms with E-state index in [0.717, 1.165) is 5.92 Å². The second-order valence-electron chi connectivity index (χ2n) is 3.05. The maximum absolute atomic E-state index is 4.44. The molecular formula is C9H15N. The Kier molecular flexibility index (Phi) is 2.25. The van der Waals surface area contributed by atoms with Crippen molar-refractivity contribution in [3.8, 4) is 0 Å². The van der Waals surface area contributed by atoms with Crippen LogP contribution in [-0.2, 0) is 0 Å². The SMILES string of the molecule is C/C=C(\N=C(C)C)C1CC1. The van der Waals surface area contributed by atoms with Gasteiger partial charge in [0.05, 0.1) is 0 Å². The Morgan fingerprint density at radius 2 is 2.00 bits per heavy atom. The van der Waals surface area contributed by atoms with Crippen molar-refractivity contribution in [3.63, 3.8) is 0 Å². The number of aliphatic imine (C=N–C) groups is 1. The Morgan fingerprint density at radius 1 is 1.40 bits per heavy atom. The molecule has 0 aromatic carbocycles. The first-order chi connectivity index (χ1) is 4.74. The molecule has 0 atom stereocenters. The van der Waals surface area contributed by atoms with Crippen molar-refractivity contribution in [3.05, 3.63) is 11.8 Å². The highest BCUT2D eigenvalue weighted by molar-refractivity contribution is 5.80. The van der Waals surface area contributed by atoms with Crippen LogP contribution in [0.4, 0.5) is 0 Å². The topological polar surface area (TPSA) is 12.4 Å². The molecule has 0 aromatic heterocycles. The maximum atomic E-state index is 4.44. The van der Waals surface area contributed by atoms with Crippen LogP contribution < -0.4 is 0 Å². The van der Waals surface area contributed by atoms with Crippen LogP contribution in [0.5, 0.6) is 0 Å². The average molecular weight is 137 g/mol. The molecule has 0 bridgehead atoms. The van der Waals surface area contributed by atoms with Crippen molar-refractivity contribution in [2.45, 2.75) is 33.6 Å². The first-order valence-electron chi connectivity index (χ1n) is 3.92. The van der Waals surface area contributed by atoms with E-state index in [0.29, 0.717) is 0 Å². The van der Waals surface area contributed by atoms with E-state index in [4.69, 9.17) is 0 Å². The lowest BCUT2D eigenvalue weighted by atomic mass is 10.3. The molecule has 0 heterocycles. The summed E-state index contributed by atoms with van der Waals surface area (Å²) in [6.07, 6.45) is 4.82. The monoisotopic (exact) mass is 137 g/mol. The largest absolute Gasteiger partial charge is 0.263 e. The van der Waals surface area contributed by atoms with Crippen molar-refractivity contribution in [2.75, 3.05) is 0 Å². The van der Waals surface area contributed by atoms with E-state index in [9.17, 15) is 0 Å². The number of hydrogen-bond donors (Lipinski definition) is 0. The summed E-state index contributed by atoms with van der Waals surface area (Å²) in [5, 5.41) is 0. The third-order valence-corrected chi connectivity index (χ3v) is 1.64. The molecule has 0 spiro atoms. The highest BCUT2D eigenvalue weighted by Crippen LogP contribution is 2.36. The molecule has 56 valence electrons. The molecule has 0 saturated heterocycles. The van der Waals surface area contributed by atoms with E-state index in [2.05, 4.69) is 18.0 Å². The number of allylic oxidation sites excluding steroid dienone is 2. The minimum Gasteiger partial charge on any atom is -0.263 e. The van der Waals surface area contributed by atoms with E-state index in [1.54, 1.807) is 0 Å². The molecule has 1 aliphatic carbocycles. The first kappa shape index (κ1) is 7.52. The summed E-state index contributed by atoms with van der Waals surface area (Å²) < 4.78 is 0. The van der Waals surface area contributed by atoms with Gasteiger partial charge in [0.2, 0.25) is 0 Å². The highest BCUT2D eigenvalue weighted by Gasteiger charge is 2.24. The van der Waals surface area contributed by atoms with Crippen molar-refractivity contribution in [1.29, 1.82) is 0 Å². The molecular weight excluding hydrogens is 122 g/mol. The van der Waals surface area contributed by atoms with E-state index in [-0.39, 0.29) is 0 Å². The van der Waals surface area contributed by atoms with Gasteiger partial charge in [-0.2, -0.15) is 0 Å². The fraction of sp³-hybridized carbons (Fsp3) is 0.667. The van der Waals surface area contributed by atoms with Crippen LogP contribution in [0.1, 0.15) is 33.6 Å². The molecule has 1 heteroatoms. The summed E-state index contributed by atoms with van der Waals surface area (Å²) in [6, 6.07) is 0. The minimum atomic E-state index is 0.792. The molecule has 1 rings (SSSR count). The van der Waals surface area contributed by atoms with Gasteiger partial charge < -0.3 is 0 Å². The Hall–Kier alpha value is -0.590. The van der Waals surface area contributed by atoms with E-state index in [1.165, 1.54) is 24.3 Å². The van der Waals surface area contributed by atoms with Crippen LogP contribution in [0.3, 0.4) is 0 Å². The molecule has 0 amide bonds. The zero-order valence-electron chi connectivity index (χ0n) is 7.02. The van der Waals surface area contributed by atoms with Crippen molar-refractivity contribution >= 4 is 5.71 Å². The second kappa shape index (κ2) is 3.00. The zero-order chi connectivity index (χ0) is 7.56. The fourth-order valence-electron chi connectivity index (χ4n) is 1.03. The van der Waals surface area contributed by atoms with Crippen molar-refractivity contribution in [2.24, 2.45) is 10.9 Å². The second-order valence-corrected chi connectivity index (χ2v) is 3.05. The van der Waals surface area contributed by atoms with Gasteiger partial charge in [-0.25, -0.2) is 0 Å². The summed E-state index contributed by atoms with van der Waals surface area (Å²) in [6.45, 7) is 6.16. The number of nitrogens with zero attached hydrogens (tertiary/aromatic N) is 1. The Balaban J connectivity index is 2.57. The van der Waals surface area contributed by atoms with Gasteiger partial charge >= 0.3 is 0 Å². The van der Waals surface area contributed by atoms with Crippen LogP contribution in [0.2, 0.25) is 0 Å². The lowest BCUT2D eigenvalue weighted by Gasteiger charge is -1.96. The summed E-state index contributed by atoms with van der Waals surface area (Å²) in [4.78, 5) is 4.44. The van der Waals surface area contributed by atoms with Crippen LogP contribution in [0.25, 0.3) is 0 Å². The molecule has 0 radical (unpaired) electrons. The summed E-state index contributed by atoms with van der Waals surface area (Å²) in [5.41, 5.74) is 2.46. The van der Waals surface area contributed by atoms with E-state index >= 15 is 0 Å².